The Bertz CT molecular complexity index is 253. The molecular weight excluding hydrogens is 178 g/mol. The zero-order chi connectivity index (χ0) is 9.42. The first-order valence-corrected chi connectivity index (χ1v) is 3.89. The molecule has 0 radical (unpaired) electrons. The third-order valence-electron chi connectivity index (χ3n) is 2.01. The molecule has 6 heteroatoms. The Morgan fingerprint density at radius 2 is 2.38 bits per heavy atom. The van der Waals surface area contributed by atoms with Gasteiger partial charge in [0.25, 0.3) is 5.91 Å². The Morgan fingerprint density at radius 1 is 1.62 bits per heavy atom. The monoisotopic (exact) mass is 187 g/mol. The first-order chi connectivity index (χ1) is 6.22. The summed E-state index contributed by atoms with van der Waals surface area (Å²) in [5.74, 6) is -0.909. The summed E-state index contributed by atoms with van der Waals surface area (Å²) < 4.78 is 14.7. The molecule has 2 heterocycles. The summed E-state index contributed by atoms with van der Waals surface area (Å²) in [6.07, 6.45) is -2.30. The number of amides is 1. The van der Waals surface area contributed by atoms with E-state index in [1.54, 1.807) is 0 Å². The van der Waals surface area contributed by atoms with Gasteiger partial charge in [0.05, 0.1) is 13.7 Å². The summed E-state index contributed by atoms with van der Waals surface area (Å²) in [6.45, 7) is 0.281. The van der Waals surface area contributed by atoms with E-state index in [-0.39, 0.29) is 12.5 Å². The van der Waals surface area contributed by atoms with Crippen LogP contribution < -0.4 is 5.32 Å². The maximum Gasteiger partial charge on any atom is 0.338 e. The number of methoxy groups -OCH3 is 1. The highest BCUT2D eigenvalue weighted by Crippen LogP contribution is 2.23. The Morgan fingerprint density at radius 3 is 3.08 bits per heavy atom. The second-order valence-electron chi connectivity index (χ2n) is 2.81. The van der Waals surface area contributed by atoms with E-state index in [0.29, 0.717) is 0 Å². The molecule has 1 amide bonds. The van der Waals surface area contributed by atoms with Crippen LogP contribution in [0.25, 0.3) is 0 Å². The van der Waals surface area contributed by atoms with Crippen LogP contribution >= 0.6 is 0 Å². The van der Waals surface area contributed by atoms with Gasteiger partial charge in [0.15, 0.2) is 18.5 Å². The molecule has 2 aliphatic rings. The van der Waals surface area contributed by atoms with Gasteiger partial charge in [0.2, 0.25) is 0 Å². The maximum absolute atomic E-state index is 11.2. The molecule has 6 nitrogen and oxygen atoms in total. The zero-order valence-corrected chi connectivity index (χ0v) is 6.98. The van der Waals surface area contributed by atoms with Gasteiger partial charge in [-0.05, 0) is 0 Å². The van der Waals surface area contributed by atoms with Crippen LogP contribution in [0, 0.1) is 0 Å². The van der Waals surface area contributed by atoms with Crippen LogP contribution in [0.3, 0.4) is 0 Å². The number of fused-ring (bicyclic) bond motifs is 2. The smallest absolute Gasteiger partial charge is 0.338 e. The normalized spacial score (nSPS) is 37.0. The molecule has 2 saturated heterocycles. The Labute approximate surface area is 74.1 Å². The van der Waals surface area contributed by atoms with Gasteiger partial charge in [-0.25, -0.2) is 4.79 Å². The van der Waals surface area contributed by atoms with Gasteiger partial charge in [-0.15, -0.1) is 0 Å². The minimum absolute atomic E-state index is 0.281. The van der Waals surface area contributed by atoms with E-state index < -0.39 is 24.5 Å². The predicted molar refractivity (Wildman–Crippen MR) is 38.6 cm³/mol. The van der Waals surface area contributed by atoms with Crippen LogP contribution in [-0.4, -0.2) is 44.0 Å². The van der Waals surface area contributed by atoms with Gasteiger partial charge in [-0.1, -0.05) is 0 Å². The van der Waals surface area contributed by atoms with Crippen molar-refractivity contribution in [1.29, 1.82) is 0 Å². The molecule has 3 atom stereocenters. The third kappa shape index (κ3) is 1.27. The van der Waals surface area contributed by atoms with Crippen molar-refractivity contribution in [3.05, 3.63) is 0 Å². The van der Waals surface area contributed by atoms with Crippen LogP contribution in [0.2, 0.25) is 0 Å². The Kier molecular flexibility index (Phi) is 1.93. The lowest BCUT2D eigenvalue weighted by Gasteiger charge is -2.18. The van der Waals surface area contributed by atoms with Crippen molar-refractivity contribution in [3.63, 3.8) is 0 Å². The summed E-state index contributed by atoms with van der Waals surface area (Å²) in [7, 11) is 1.24. The van der Waals surface area contributed by atoms with E-state index in [1.807, 2.05) is 0 Å². The van der Waals surface area contributed by atoms with Gasteiger partial charge in [0.1, 0.15) is 0 Å². The molecule has 0 saturated carbocycles. The molecule has 3 unspecified atom stereocenters. The van der Waals surface area contributed by atoms with E-state index in [9.17, 15) is 9.59 Å². The molecule has 0 aromatic carbocycles. The number of morpholine rings is 1. The lowest BCUT2D eigenvalue weighted by atomic mass is 10.2. The molecule has 2 aliphatic heterocycles. The van der Waals surface area contributed by atoms with Gasteiger partial charge in [-0.2, -0.15) is 0 Å². The SMILES string of the molecule is COC(=O)C1OC2CNC(=O)C1O2. The second-order valence-corrected chi connectivity index (χ2v) is 2.81. The second kappa shape index (κ2) is 2.97. The fraction of sp³-hybridized carbons (Fsp3) is 0.714. The predicted octanol–water partition coefficient (Wildman–Crippen LogP) is -1.60. The molecule has 0 aliphatic carbocycles. The summed E-state index contributed by atoms with van der Waals surface area (Å²) >= 11 is 0. The summed E-state index contributed by atoms with van der Waals surface area (Å²) in [5.41, 5.74) is 0. The largest absolute Gasteiger partial charge is 0.467 e. The van der Waals surface area contributed by atoms with Crippen molar-refractivity contribution in [3.8, 4) is 0 Å². The molecule has 72 valence electrons. The quantitative estimate of drug-likeness (QED) is 0.500. The molecular formula is C7H9NO5. The number of esters is 1. The van der Waals surface area contributed by atoms with Crippen LogP contribution in [-0.2, 0) is 23.8 Å². The maximum atomic E-state index is 11.2. The van der Waals surface area contributed by atoms with Crippen molar-refractivity contribution < 1.29 is 23.8 Å². The van der Waals surface area contributed by atoms with Crippen LogP contribution in [0.15, 0.2) is 0 Å². The topological polar surface area (TPSA) is 73.9 Å². The number of carbonyl (C=O) groups excluding carboxylic acids is 2. The van der Waals surface area contributed by atoms with E-state index in [4.69, 9.17) is 9.47 Å². The number of rotatable bonds is 1. The summed E-state index contributed by atoms with van der Waals surface area (Å²) in [4.78, 5) is 22.3. The number of hydrogen-bond donors (Lipinski definition) is 1. The molecule has 1 N–H and O–H groups in total. The van der Waals surface area contributed by atoms with Crippen LogP contribution in [0.5, 0.6) is 0 Å². The lowest BCUT2D eigenvalue weighted by Crippen LogP contribution is -2.47. The van der Waals surface area contributed by atoms with Crippen LogP contribution in [0.4, 0.5) is 0 Å². The first-order valence-electron chi connectivity index (χ1n) is 3.89. The minimum atomic E-state index is -0.919. The van der Waals surface area contributed by atoms with Gasteiger partial charge >= 0.3 is 5.97 Å². The Balaban J connectivity index is 2.14. The molecule has 2 fully saturated rings. The molecule has 2 bridgehead atoms. The van der Waals surface area contributed by atoms with Crippen molar-refractivity contribution >= 4 is 11.9 Å². The van der Waals surface area contributed by atoms with Crippen molar-refractivity contribution in [1.82, 2.24) is 5.32 Å². The zero-order valence-electron chi connectivity index (χ0n) is 6.98. The summed E-state index contributed by atoms with van der Waals surface area (Å²) in [5, 5.41) is 2.56. The van der Waals surface area contributed by atoms with E-state index in [2.05, 4.69) is 10.1 Å². The average Bonchev–Trinajstić information content (AvgIpc) is 2.51. The lowest BCUT2D eigenvalue weighted by molar-refractivity contribution is -0.153. The number of ether oxygens (including phenoxy) is 3. The fourth-order valence-electron chi connectivity index (χ4n) is 1.38. The van der Waals surface area contributed by atoms with Gasteiger partial charge in [0, 0.05) is 0 Å². The Hall–Kier alpha value is -1.14. The highest BCUT2D eigenvalue weighted by atomic mass is 16.7. The molecule has 13 heavy (non-hydrogen) atoms. The third-order valence-corrected chi connectivity index (χ3v) is 2.01. The van der Waals surface area contributed by atoms with Gasteiger partial charge in [-0.3, -0.25) is 4.79 Å². The molecule has 0 spiro atoms. The average molecular weight is 187 g/mol. The molecule has 0 aromatic heterocycles. The summed E-state index contributed by atoms with van der Waals surface area (Å²) in [6, 6.07) is 0. The minimum Gasteiger partial charge on any atom is -0.467 e. The molecule has 2 rings (SSSR count). The number of hydrogen-bond acceptors (Lipinski definition) is 5. The standard InChI is InChI=1S/C7H9NO5/c1-11-7(10)5-4-6(9)8-2-3(12-4)13-5/h3-5H,2H2,1H3,(H,8,9). The van der Waals surface area contributed by atoms with Crippen molar-refractivity contribution in [2.24, 2.45) is 0 Å². The van der Waals surface area contributed by atoms with E-state index in [0.717, 1.165) is 0 Å². The van der Waals surface area contributed by atoms with Crippen molar-refractivity contribution in [2.45, 2.75) is 18.5 Å². The van der Waals surface area contributed by atoms with Crippen molar-refractivity contribution in [2.75, 3.05) is 13.7 Å². The highest BCUT2D eigenvalue weighted by molar-refractivity contribution is 5.89. The first kappa shape index (κ1) is 8.46. The number of carbonyl (C=O) groups is 2. The number of nitrogens with one attached hydrogen (secondary N) is 1. The van der Waals surface area contributed by atoms with Gasteiger partial charge < -0.3 is 19.5 Å². The van der Waals surface area contributed by atoms with Crippen LogP contribution in [0.1, 0.15) is 0 Å². The fourth-order valence-corrected chi connectivity index (χ4v) is 1.38. The van der Waals surface area contributed by atoms with E-state index >= 15 is 0 Å². The molecule has 0 aromatic rings. The highest BCUT2D eigenvalue weighted by Gasteiger charge is 2.48. The van der Waals surface area contributed by atoms with E-state index in [1.165, 1.54) is 7.11 Å².